The molecule has 0 unspecified atom stereocenters. The number of hydrogen-bond acceptors (Lipinski definition) is 4. The van der Waals surface area contributed by atoms with Crippen molar-refractivity contribution in [3.8, 4) is 0 Å². The van der Waals surface area contributed by atoms with Crippen LogP contribution in [0.5, 0.6) is 0 Å². The summed E-state index contributed by atoms with van der Waals surface area (Å²) in [6, 6.07) is 3.70. The third-order valence-corrected chi connectivity index (χ3v) is 1.59. The van der Waals surface area contributed by atoms with E-state index in [9.17, 15) is 0 Å². The second-order valence-corrected chi connectivity index (χ2v) is 2.54. The van der Waals surface area contributed by atoms with Gasteiger partial charge in [0.05, 0.1) is 18.6 Å². The highest BCUT2D eigenvalue weighted by molar-refractivity contribution is 5.31. The molecule has 0 spiro atoms. The fourth-order valence-electron chi connectivity index (χ4n) is 0.963. The Balaban J connectivity index is 1.94. The first-order valence-corrected chi connectivity index (χ1v) is 3.94. The maximum absolute atomic E-state index is 3.90. The predicted molar refractivity (Wildman–Crippen MR) is 47.9 cm³/mol. The summed E-state index contributed by atoms with van der Waals surface area (Å²) in [5.74, 6) is 0.761. The van der Waals surface area contributed by atoms with Gasteiger partial charge in [0.1, 0.15) is 5.82 Å². The molecule has 0 aliphatic heterocycles. The summed E-state index contributed by atoms with van der Waals surface area (Å²) in [7, 11) is 0. The fourth-order valence-corrected chi connectivity index (χ4v) is 0.963. The molecule has 0 aliphatic carbocycles. The van der Waals surface area contributed by atoms with Crippen molar-refractivity contribution in [2.45, 2.75) is 6.54 Å². The molecule has 2 aromatic heterocycles. The van der Waals surface area contributed by atoms with Gasteiger partial charge in [0.25, 0.3) is 0 Å². The number of aromatic amines is 1. The van der Waals surface area contributed by atoms with Gasteiger partial charge in [-0.05, 0) is 12.1 Å². The predicted octanol–water partition coefficient (Wildman–Crippen LogP) is 0.812. The molecule has 0 saturated carbocycles. The fraction of sp³-hybridized carbons (Fsp3) is 0.125. The van der Waals surface area contributed by atoms with E-state index in [-0.39, 0.29) is 0 Å². The molecule has 2 heterocycles. The summed E-state index contributed by atoms with van der Waals surface area (Å²) in [5, 5.41) is 10.7. The zero-order valence-corrected chi connectivity index (χ0v) is 6.94. The monoisotopic (exact) mass is 175 g/mol. The van der Waals surface area contributed by atoms with E-state index < -0.39 is 0 Å². The molecule has 0 saturated heterocycles. The Kier molecular flexibility index (Phi) is 2.18. The van der Waals surface area contributed by atoms with E-state index in [1.54, 1.807) is 18.7 Å². The minimum atomic E-state index is 0.679. The molecule has 0 atom stereocenters. The Morgan fingerprint density at radius 2 is 2.46 bits per heavy atom. The van der Waals surface area contributed by atoms with E-state index in [1.807, 2.05) is 12.1 Å². The van der Waals surface area contributed by atoms with E-state index >= 15 is 0 Å². The SMILES string of the molecule is c1cnnc(NCc2cnc[nH]2)c1. The molecule has 13 heavy (non-hydrogen) atoms. The average Bonchev–Trinajstić information content (AvgIpc) is 2.69. The van der Waals surface area contributed by atoms with Gasteiger partial charge in [-0.25, -0.2) is 4.98 Å². The molecular formula is C8H9N5. The van der Waals surface area contributed by atoms with Gasteiger partial charge < -0.3 is 10.3 Å². The Labute approximate surface area is 75.2 Å². The van der Waals surface area contributed by atoms with Crippen LogP contribution in [0.4, 0.5) is 5.82 Å². The van der Waals surface area contributed by atoms with Crippen molar-refractivity contribution in [3.05, 3.63) is 36.5 Å². The highest BCUT2D eigenvalue weighted by atomic mass is 15.2. The third kappa shape index (κ3) is 2.02. The number of anilines is 1. The molecule has 2 N–H and O–H groups in total. The minimum Gasteiger partial charge on any atom is -0.363 e. The number of H-pyrrole nitrogens is 1. The molecular weight excluding hydrogens is 166 g/mol. The largest absolute Gasteiger partial charge is 0.363 e. The Hall–Kier alpha value is -1.91. The second kappa shape index (κ2) is 3.66. The van der Waals surface area contributed by atoms with Crippen LogP contribution in [0.1, 0.15) is 5.69 Å². The highest BCUT2D eigenvalue weighted by Gasteiger charge is 1.94. The van der Waals surface area contributed by atoms with Crippen LogP contribution in [0.2, 0.25) is 0 Å². The third-order valence-electron chi connectivity index (χ3n) is 1.59. The summed E-state index contributed by atoms with van der Waals surface area (Å²) in [6.45, 7) is 0.679. The van der Waals surface area contributed by atoms with Crippen molar-refractivity contribution < 1.29 is 0 Å². The lowest BCUT2D eigenvalue weighted by Crippen LogP contribution is -2.01. The van der Waals surface area contributed by atoms with Crippen molar-refractivity contribution in [3.63, 3.8) is 0 Å². The topological polar surface area (TPSA) is 66.5 Å². The molecule has 66 valence electrons. The molecule has 5 nitrogen and oxygen atoms in total. The molecule has 0 radical (unpaired) electrons. The zero-order chi connectivity index (χ0) is 8.93. The van der Waals surface area contributed by atoms with E-state index in [0.717, 1.165) is 11.5 Å². The summed E-state index contributed by atoms with van der Waals surface area (Å²) >= 11 is 0. The van der Waals surface area contributed by atoms with Gasteiger partial charge in [-0.1, -0.05) is 0 Å². The first-order valence-electron chi connectivity index (χ1n) is 3.94. The van der Waals surface area contributed by atoms with Gasteiger partial charge >= 0.3 is 0 Å². The van der Waals surface area contributed by atoms with Crippen LogP contribution in [0.25, 0.3) is 0 Å². The van der Waals surface area contributed by atoms with E-state index in [4.69, 9.17) is 0 Å². The number of imidazole rings is 1. The van der Waals surface area contributed by atoms with Crippen LogP contribution in [0.3, 0.4) is 0 Å². The van der Waals surface area contributed by atoms with Crippen LogP contribution < -0.4 is 5.32 Å². The second-order valence-electron chi connectivity index (χ2n) is 2.54. The van der Waals surface area contributed by atoms with E-state index in [0.29, 0.717) is 6.54 Å². The van der Waals surface area contributed by atoms with Crippen LogP contribution in [0, 0.1) is 0 Å². The van der Waals surface area contributed by atoms with Gasteiger partial charge in [-0.2, -0.15) is 5.10 Å². The normalized spacial score (nSPS) is 9.85. The Bertz CT molecular complexity index is 342. The molecule has 5 heteroatoms. The summed E-state index contributed by atoms with van der Waals surface area (Å²) in [4.78, 5) is 6.89. The van der Waals surface area contributed by atoms with Gasteiger partial charge in [0, 0.05) is 12.4 Å². The molecule has 0 aliphatic rings. The van der Waals surface area contributed by atoms with Crippen molar-refractivity contribution in [2.24, 2.45) is 0 Å². The molecule has 0 aromatic carbocycles. The number of hydrogen-bond donors (Lipinski definition) is 2. The van der Waals surface area contributed by atoms with Crippen LogP contribution >= 0.6 is 0 Å². The van der Waals surface area contributed by atoms with Crippen molar-refractivity contribution in [1.82, 2.24) is 20.2 Å². The summed E-state index contributed by atoms with van der Waals surface area (Å²) < 4.78 is 0. The number of nitrogens with zero attached hydrogens (tertiary/aromatic N) is 3. The maximum Gasteiger partial charge on any atom is 0.148 e. The minimum absolute atomic E-state index is 0.679. The highest BCUT2D eigenvalue weighted by Crippen LogP contribution is 2.00. The summed E-state index contributed by atoms with van der Waals surface area (Å²) in [5.41, 5.74) is 1.02. The Morgan fingerprint density at radius 1 is 1.46 bits per heavy atom. The lowest BCUT2D eigenvalue weighted by molar-refractivity contribution is 0.985. The van der Waals surface area contributed by atoms with Gasteiger partial charge in [-0.15, -0.1) is 5.10 Å². The van der Waals surface area contributed by atoms with Crippen molar-refractivity contribution in [2.75, 3.05) is 5.32 Å². The molecule has 0 fully saturated rings. The molecule has 0 bridgehead atoms. The van der Waals surface area contributed by atoms with Gasteiger partial charge in [-0.3, -0.25) is 0 Å². The number of aromatic nitrogens is 4. The van der Waals surface area contributed by atoms with Crippen LogP contribution in [-0.4, -0.2) is 20.2 Å². The van der Waals surface area contributed by atoms with Crippen molar-refractivity contribution >= 4 is 5.82 Å². The van der Waals surface area contributed by atoms with Gasteiger partial charge in [0.2, 0.25) is 0 Å². The van der Waals surface area contributed by atoms with Gasteiger partial charge in [0.15, 0.2) is 0 Å². The number of nitrogens with one attached hydrogen (secondary N) is 2. The van der Waals surface area contributed by atoms with Crippen LogP contribution in [0.15, 0.2) is 30.9 Å². The lowest BCUT2D eigenvalue weighted by atomic mass is 10.4. The van der Waals surface area contributed by atoms with Crippen molar-refractivity contribution in [1.29, 1.82) is 0 Å². The smallest absolute Gasteiger partial charge is 0.148 e. The average molecular weight is 175 g/mol. The molecule has 2 rings (SSSR count). The number of rotatable bonds is 3. The lowest BCUT2D eigenvalue weighted by Gasteiger charge is -2.00. The van der Waals surface area contributed by atoms with Crippen LogP contribution in [-0.2, 0) is 6.54 Å². The quantitative estimate of drug-likeness (QED) is 0.724. The van der Waals surface area contributed by atoms with E-state index in [2.05, 4.69) is 25.5 Å². The first-order chi connectivity index (χ1) is 6.45. The first kappa shape index (κ1) is 7.72. The molecule has 2 aromatic rings. The maximum atomic E-state index is 3.90. The molecule has 0 amide bonds. The summed E-state index contributed by atoms with van der Waals surface area (Å²) in [6.07, 6.45) is 5.05. The zero-order valence-electron chi connectivity index (χ0n) is 6.94. The van der Waals surface area contributed by atoms with E-state index in [1.165, 1.54) is 0 Å². The Morgan fingerprint density at radius 3 is 3.15 bits per heavy atom. The standard InChI is InChI=1S/C8H9N5/c1-2-8(13-12-3-1)10-5-7-4-9-6-11-7/h1-4,6H,5H2,(H,9,11)(H,10,13).